The van der Waals surface area contributed by atoms with Crippen LogP contribution in [0.15, 0.2) is 53.6 Å². The maximum absolute atomic E-state index is 11.8. The third-order valence-electron chi connectivity index (χ3n) is 3.14. The fourth-order valence-electron chi connectivity index (χ4n) is 1.86. The van der Waals surface area contributed by atoms with E-state index in [9.17, 15) is 9.59 Å². The van der Waals surface area contributed by atoms with Gasteiger partial charge in [-0.25, -0.2) is 5.43 Å². The number of anilines is 1. The Hall–Kier alpha value is -2.95. The highest BCUT2D eigenvalue weighted by Gasteiger charge is 2.08. The van der Waals surface area contributed by atoms with Gasteiger partial charge in [0.15, 0.2) is 0 Å². The molecule has 0 unspecified atom stereocenters. The van der Waals surface area contributed by atoms with E-state index < -0.39 is 5.91 Å². The zero-order valence-corrected chi connectivity index (χ0v) is 13.2. The molecular weight excluding hydrogens is 290 g/mol. The normalized spacial score (nSPS) is 10.5. The molecule has 5 nitrogen and oxygen atoms in total. The van der Waals surface area contributed by atoms with Crippen LogP contribution in [0.4, 0.5) is 5.69 Å². The Labute approximate surface area is 135 Å². The van der Waals surface area contributed by atoms with E-state index in [1.54, 1.807) is 12.1 Å². The third-order valence-corrected chi connectivity index (χ3v) is 3.14. The number of amides is 2. The number of hydrogen-bond donors (Lipinski definition) is 2. The number of nitrogens with one attached hydrogen (secondary N) is 2. The Kier molecular flexibility index (Phi) is 5.63. The lowest BCUT2D eigenvalue weighted by molar-refractivity contribution is -0.126. The lowest BCUT2D eigenvalue weighted by Crippen LogP contribution is -2.24. The second-order valence-corrected chi connectivity index (χ2v) is 5.29. The van der Waals surface area contributed by atoms with E-state index in [1.165, 1.54) is 6.21 Å². The highest BCUT2D eigenvalue weighted by atomic mass is 16.2. The lowest BCUT2D eigenvalue weighted by Gasteiger charge is -2.04. The first kappa shape index (κ1) is 16.4. The number of rotatable bonds is 5. The fraction of sp³-hybridized carbons (Fsp3) is 0.167. The molecule has 0 saturated carbocycles. The van der Waals surface area contributed by atoms with Crippen LogP contribution in [0.25, 0.3) is 0 Å². The molecule has 2 N–H and O–H groups in total. The number of hydrazone groups is 1. The van der Waals surface area contributed by atoms with Crippen molar-refractivity contribution in [3.05, 3.63) is 65.2 Å². The predicted octanol–water partition coefficient (Wildman–Crippen LogP) is 2.78. The summed E-state index contributed by atoms with van der Waals surface area (Å²) in [4.78, 5) is 23.4. The van der Waals surface area contributed by atoms with E-state index in [0.717, 1.165) is 16.7 Å². The zero-order valence-electron chi connectivity index (χ0n) is 13.2. The molecule has 0 bridgehead atoms. The molecule has 0 radical (unpaired) electrons. The molecule has 0 spiro atoms. The van der Waals surface area contributed by atoms with Gasteiger partial charge in [-0.1, -0.05) is 47.5 Å². The summed E-state index contributed by atoms with van der Waals surface area (Å²) in [6, 6.07) is 15.1. The van der Waals surface area contributed by atoms with Crippen LogP contribution in [-0.2, 0) is 9.59 Å². The van der Waals surface area contributed by atoms with Gasteiger partial charge in [-0.05, 0) is 31.5 Å². The molecular formula is C18H19N3O2. The summed E-state index contributed by atoms with van der Waals surface area (Å²) >= 11 is 0. The molecule has 2 rings (SSSR count). The van der Waals surface area contributed by atoms with Gasteiger partial charge in [0.1, 0.15) is 6.42 Å². The first-order valence-electron chi connectivity index (χ1n) is 7.28. The molecule has 118 valence electrons. The van der Waals surface area contributed by atoms with Crippen LogP contribution in [0.2, 0.25) is 0 Å². The van der Waals surface area contributed by atoms with Crippen molar-refractivity contribution in [1.29, 1.82) is 0 Å². The molecule has 0 atom stereocenters. The molecule has 0 aromatic heterocycles. The van der Waals surface area contributed by atoms with Crippen LogP contribution < -0.4 is 10.7 Å². The van der Waals surface area contributed by atoms with Crippen LogP contribution in [0.5, 0.6) is 0 Å². The Morgan fingerprint density at radius 2 is 1.48 bits per heavy atom. The van der Waals surface area contributed by atoms with E-state index in [0.29, 0.717) is 5.69 Å². The molecule has 0 aliphatic heterocycles. The first-order chi connectivity index (χ1) is 11.0. The average molecular weight is 309 g/mol. The van der Waals surface area contributed by atoms with Crippen LogP contribution in [0, 0.1) is 13.8 Å². The van der Waals surface area contributed by atoms with Crippen molar-refractivity contribution in [2.24, 2.45) is 5.10 Å². The molecule has 5 heteroatoms. The molecule has 2 aromatic carbocycles. The molecule has 0 heterocycles. The van der Waals surface area contributed by atoms with E-state index in [1.807, 2.05) is 50.2 Å². The quantitative estimate of drug-likeness (QED) is 0.506. The van der Waals surface area contributed by atoms with Gasteiger partial charge in [-0.15, -0.1) is 0 Å². The van der Waals surface area contributed by atoms with Crippen molar-refractivity contribution in [2.75, 3.05) is 5.32 Å². The summed E-state index contributed by atoms with van der Waals surface area (Å²) in [5, 5.41) is 6.50. The lowest BCUT2D eigenvalue weighted by atomic mass is 10.2. The van der Waals surface area contributed by atoms with Crippen molar-refractivity contribution in [3.8, 4) is 0 Å². The summed E-state index contributed by atoms with van der Waals surface area (Å²) in [6.07, 6.45) is 1.26. The van der Waals surface area contributed by atoms with Crippen molar-refractivity contribution < 1.29 is 9.59 Å². The molecule has 0 aliphatic carbocycles. The van der Waals surface area contributed by atoms with Gasteiger partial charge in [0.2, 0.25) is 11.8 Å². The minimum atomic E-state index is -0.460. The number of benzene rings is 2. The molecule has 0 aliphatic rings. The van der Waals surface area contributed by atoms with Crippen LogP contribution >= 0.6 is 0 Å². The van der Waals surface area contributed by atoms with Gasteiger partial charge in [-0.3, -0.25) is 9.59 Å². The van der Waals surface area contributed by atoms with Crippen molar-refractivity contribution in [1.82, 2.24) is 5.43 Å². The zero-order chi connectivity index (χ0) is 16.7. The standard InChI is InChI=1S/C18H19N3O2/c1-13-3-7-15(8-4-13)12-19-21-18(23)11-17(22)20-16-9-5-14(2)6-10-16/h3-10,12H,11H2,1-2H3,(H,20,22)(H,21,23). The number of hydrogen-bond acceptors (Lipinski definition) is 3. The molecule has 2 amide bonds. The minimum Gasteiger partial charge on any atom is -0.326 e. The second kappa shape index (κ2) is 7.89. The SMILES string of the molecule is Cc1ccc(C=NNC(=O)CC(=O)Nc2ccc(C)cc2)cc1. The second-order valence-electron chi connectivity index (χ2n) is 5.29. The fourth-order valence-corrected chi connectivity index (χ4v) is 1.86. The average Bonchev–Trinajstić information content (AvgIpc) is 2.51. The molecule has 2 aromatic rings. The summed E-state index contributed by atoms with van der Waals surface area (Å²) in [7, 11) is 0. The van der Waals surface area contributed by atoms with Gasteiger partial charge >= 0.3 is 0 Å². The van der Waals surface area contributed by atoms with Crippen LogP contribution in [-0.4, -0.2) is 18.0 Å². The van der Waals surface area contributed by atoms with E-state index in [-0.39, 0.29) is 12.3 Å². The maximum atomic E-state index is 11.8. The predicted molar refractivity (Wildman–Crippen MR) is 91.3 cm³/mol. The van der Waals surface area contributed by atoms with E-state index >= 15 is 0 Å². The summed E-state index contributed by atoms with van der Waals surface area (Å²) < 4.78 is 0. The van der Waals surface area contributed by atoms with Crippen molar-refractivity contribution >= 4 is 23.7 Å². The largest absolute Gasteiger partial charge is 0.326 e. The van der Waals surface area contributed by atoms with Gasteiger partial charge in [0.05, 0.1) is 6.21 Å². The molecule has 0 saturated heterocycles. The summed E-state index contributed by atoms with van der Waals surface area (Å²) in [6.45, 7) is 3.96. The molecule has 23 heavy (non-hydrogen) atoms. The third kappa shape index (κ3) is 5.74. The smallest absolute Gasteiger partial charge is 0.249 e. The number of carbonyl (C=O) groups excluding carboxylic acids is 2. The van der Waals surface area contributed by atoms with Gasteiger partial charge in [0, 0.05) is 5.69 Å². The topological polar surface area (TPSA) is 70.6 Å². The van der Waals surface area contributed by atoms with Crippen LogP contribution in [0.1, 0.15) is 23.1 Å². The van der Waals surface area contributed by atoms with Crippen molar-refractivity contribution in [2.45, 2.75) is 20.3 Å². The highest BCUT2D eigenvalue weighted by molar-refractivity contribution is 6.03. The van der Waals surface area contributed by atoms with Gasteiger partial charge < -0.3 is 5.32 Å². The minimum absolute atomic E-state index is 0.279. The van der Waals surface area contributed by atoms with Crippen molar-refractivity contribution in [3.63, 3.8) is 0 Å². The molecule has 0 fully saturated rings. The van der Waals surface area contributed by atoms with Gasteiger partial charge in [-0.2, -0.15) is 5.10 Å². The van der Waals surface area contributed by atoms with E-state index in [2.05, 4.69) is 15.8 Å². The Morgan fingerprint density at radius 3 is 2.09 bits per heavy atom. The monoisotopic (exact) mass is 309 g/mol. The Balaban J connectivity index is 1.78. The van der Waals surface area contributed by atoms with E-state index in [4.69, 9.17) is 0 Å². The Morgan fingerprint density at radius 1 is 0.913 bits per heavy atom. The van der Waals surface area contributed by atoms with Gasteiger partial charge in [0.25, 0.3) is 0 Å². The first-order valence-corrected chi connectivity index (χ1v) is 7.28. The summed E-state index contributed by atoms with van der Waals surface area (Å²) in [5.41, 5.74) is 6.13. The number of carbonyl (C=O) groups is 2. The summed E-state index contributed by atoms with van der Waals surface area (Å²) in [5.74, 6) is -0.838. The number of nitrogens with zero attached hydrogens (tertiary/aromatic N) is 1. The van der Waals surface area contributed by atoms with Crippen LogP contribution in [0.3, 0.4) is 0 Å². The number of aryl methyl sites for hydroxylation is 2. The maximum Gasteiger partial charge on any atom is 0.249 e. The Bertz CT molecular complexity index is 704. The highest BCUT2D eigenvalue weighted by Crippen LogP contribution is 2.08.